The van der Waals surface area contributed by atoms with Gasteiger partial charge in [0.15, 0.2) is 0 Å². The van der Waals surface area contributed by atoms with Crippen molar-refractivity contribution in [2.45, 2.75) is 51.4 Å². The van der Waals surface area contributed by atoms with Crippen molar-refractivity contribution in [3.05, 3.63) is 12.7 Å². The third-order valence-corrected chi connectivity index (χ3v) is 3.22. The maximum Gasteiger partial charge on any atom is -0.00460 e. The number of nitrogens with one attached hydrogen (secondary N) is 1. The fourth-order valence-electron chi connectivity index (χ4n) is 2.28. The van der Waals surface area contributed by atoms with E-state index in [1.165, 1.54) is 58.0 Å². The molecule has 1 fully saturated rings. The highest BCUT2D eigenvalue weighted by Gasteiger charge is 2.11. The van der Waals surface area contributed by atoms with E-state index in [-0.39, 0.29) is 0 Å². The molecule has 0 atom stereocenters. The fourth-order valence-corrected chi connectivity index (χ4v) is 2.28. The molecule has 14 heavy (non-hydrogen) atoms. The number of unbranched alkanes of at least 4 members (excludes halogenated alkanes) is 1. The molecule has 1 heteroatoms. The summed E-state index contributed by atoms with van der Waals surface area (Å²) >= 11 is 0. The molecule has 1 nitrogen and oxygen atoms in total. The number of hydrogen-bond acceptors (Lipinski definition) is 1. The van der Waals surface area contributed by atoms with Gasteiger partial charge in [-0.3, -0.25) is 0 Å². The van der Waals surface area contributed by atoms with E-state index in [9.17, 15) is 0 Å². The average Bonchev–Trinajstić information content (AvgIpc) is 2.25. The molecule has 0 aromatic heterocycles. The molecule has 1 N–H and O–H groups in total. The Balaban J connectivity index is 1.85. The molecule has 0 heterocycles. The molecule has 0 aromatic rings. The summed E-state index contributed by atoms with van der Waals surface area (Å²) in [4.78, 5) is 0. The van der Waals surface area contributed by atoms with E-state index in [0.29, 0.717) is 0 Å². The van der Waals surface area contributed by atoms with Crippen LogP contribution < -0.4 is 5.32 Å². The van der Waals surface area contributed by atoms with Crippen molar-refractivity contribution < 1.29 is 0 Å². The van der Waals surface area contributed by atoms with Gasteiger partial charge in [0.1, 0.15) is 0 Å². The largest absolute Gasteiger partial charge is 0.317 e. The summed E-state index contributed by atoms with van der Waals surface area (Å²) in [6, 6.07) is 0. The number of allylic oxidation sites excluding steroid dienone is 1. The van der Waals surface area contributed by atoms with Gasteiger partial charge in [-0.15, -0.1) is 6.58 Å². The van der Waals surface area contributed by atoms with E-state index >= 15 is 0 Å². The van der Waals surface area contributed by atoms with Gasteiger partial charge in [-0.05, 0) is 38.3 Å². The smallest absolute Gasteiger partial charge is 0.00460 e. The highest BCUT2D eigenvalue weighted by atomic mass is 14.8. The summed E-state index contributed by atoms with van der Waals surface area (Å²) in [5.41, 5.74) is 0. The standard InChI is InChI=1S/C13H25N/c1-2-3-7-11-14-12-10-13-8-5-4-6-9-13/h2,13-14H,1,3-12H2. The van der Waals surface area contributed by atoms with Gasteiger partial charge in [-0.1, -0.05) is 38.2 Å². The summed E-state index contributed by atoms with van der Waals surface area (Å²) in [7, 11) is 0. The van der Waals surface area contributed by atoms with Crippen LogP contribution in [0.1, 0.15) is 51.4 Å². The Labute approximate surface area is 89.0 Å². The zero-order chi connectivity index (χ0) is 10.1. The highest BCUT2D eigenvalue weighted by Crippen LogP contribution is 2.25. The lowest BCUT2D eigenvalue weighted by Gasteiger charge is -2.21. The zero-order valence-electron chi connectivity index (χ0n) is 9.43. The van der Waals surface area contributed by atoms with Gasteiger partial charge in [0.2, 0.25) is 0 Å². The lowest BCUT2D eigenvalue weighted by Crippen LogP contribution is -2.20. The molecule has 0 radical (unpaired) electrons. The van der Waals surface area contributed by atoms with E-state index in [4.69, 9.17) is 0 Å². The monoisotopic (exact) mass is 195 g/mol. The number of hydrogen-bond donors (Lipinski definition) is 1. The van der Waals surface area contributed by atoms with Gasteiger partial charge in [-0.2, -0.15) is 0 Å². The summed E-state index contributed by atoms with van der Waals surface area (Å²) in [5, 5.41) is 3.52. The molecule has 0 amide bonds. The van der Waals surface area contributed by atoms with Crippen molar-refractivity contribution in [3.8, 4) is 0 Å². The molecule has 0 saturated heterocycles. The van der Waals surface area contributed by atoms with E-state index in [1.54, 1.807) is 0 Å². The van der Waals surface area contributed by atoms with Crippen LogP contribution in [0.2, 0.25) is 0 Å². The molecule has 0 bridgehead atoms. The molecule has 0 aromatic carbocycles. The Kier molecular flexibility index (Phi) is 6.77. The van der Waals surface area contributed by atoms with Gasteiger partial charge >= 0.3 is 0 Å². The SMILES string of the molecule is C=CCCCNCCC1CCCCC1. The minimum atomic E-state index is 1.02. The van der Waals surface area contributed by atoms with Crippen molar-refractivity contribution in [1.82, 2.24) is 5.32 Å². The van der Waals surface area contributed by atoms with Crippen LogP contribution in [0.4, 0.5) is 0 Å². The van der Waals surface area contributed by atoms with E-state index < -0.39 is 0 Å². The van der Waals surface area contributed by atoms with Crippen LogP contribution in [0.25, 0.3) is 0 Å². The summed E-state index contributed by atoms with van der Waals surface area (Å²) in [5.74, 6) is 1.02. The fraction of sp³-hybridized carbons (Fsp3) is 0.846. The quantitative estimate of drug-likeness (QED) is 0.484. The van der Waals surface area contributed by atoms with E-state index in [0.717, 1.165) is 12.3 Å². The van der Waals surface area contributed by atoms with E-state index in [2.05, 4.69) is 11.9 Å². The Morgan fingerprint density at radius 1 is 1.14 bits per heavy atom. The predicted octanol–water partition coefficient (Wildman–Crippen LogP) is 3.51. The summed E-state index contributed by atoms with van der Waals surface area (Å²) in [6.07, 6.45) is 13.2. The number of rotatable bonds is 7. The first kappa shape index (κ1) is 11.8. The first-order valence-corrected chi connectivity index (χ1v) is 6.25. The van der Waals surface area contributed by atoms with Gasteiger partial charge in [0.05, 0.1) is 0 Å². The molecule has 1 aliphatic carbocycles. The maximum absolute atomic E-state index is 3.72. The molecular weight excluding hydrogens is 170 g/mol. The zero-order valence-corrected chi connectivity index (χ0v) is 9.43. The van der Waals surface area contributed by atoms with Crippen LogP contribution in [0.3, 0.4) is 0 Å². The molecule has 1 aliphatic rings. The molecule has 1 rings (SSSR count). The first-order valence-electron chi connectivity index (χ1n) is 6.25. The Morgan fingerprint density at radius 2 is 1.93 bits per heavy atom. The average molecular weight is 195 g/mol. The lowest BCUT2D eigenvalue weighted by molar-refractivity contribution is 0.334. The third kappa shape index (κ3) is 5.43. The molecule has 0 spiro atoms. The predicted molar refractivity (Wildman–Crippen MR) is 63.5 cm³/mol. The first-order chi connectivity index (χ1) is 6.93. The van der Waals surface area contributed by atoms with Crippen LogP contribution in [-0.4, -0.2) is 13.1 Å². The van der Waals surface area contributed by atoms with Crippen molar-refractivity contribution in [3.63, 3.8) is 0 Å². The second-order valence-corrected chi connectivity index (χ2v) is 4.47. The van der Waals surface area contributed by atoms with Crippen LogP contribution in [0, 0.1) is 5.92 Å². The molecular formula is C13H25N. The topological polar surface area (TPSA) is 12.0 Å². The Morgan fingerprint density at radius 3 is 2.64 bits per heavy atom. The van der Waals surface area contributed by atoms with Crippen molar-refractivity contribution in [2.24, 2.45) is 5.92 Å². The van der Waals surface area contributed by atoms with Crippen molar-refractivity contribution in [1.29, 1.82) is 0 Å². The van der Waals surface area contributed by atoms with Gasteiger partial charge in [0.25, 0.3) is 0 Å². The lowest BCUT2D eigenvalue weighted by atomic mass is 9.87. The van der Waals surface area contributed by atoms with Crippen LogP contribution in [0.15, 0.2) is 12.7 Å². The molecule has 0 unspecified atom stereocenters. The summed E-state index contributed by atoms with van der Waals surface area (Å²) in [6.45, 7) is 6.11. The molecule has 0 aliphatic heterocycles. The minimum Gasteiger partial charge on any atom is -0.317 e. The van der Waals surface area contributed by atoms with Crippen LogP contribution in [0.5, 0.6) is 0 Å². The highest BCUT2D eigenvalue weighted by molar-refractivity contribution is 4.68. The van der Waals surface area contributed by atoms with Gasteiger partial charge in [0, 0.05) is 0 Å². The third-order valence-electron chi connectivity index (χ3n) is 3.22. The van der Waals surface area contributed by atoms with Crippen LogP contribution in [-0.2, 0) is 0 Å². The minimum absolute atomic E-state index is 1.02. The van der Waals surface area contributed by atoms with Crippen LogP contribution >= 0.6 is 0 Å². The Hall–Kier alpha value is -0.300. The van der Waals surface area contributed by atoms with Gasteiger partial charge < -0.3 is 5.32 Å². The Bertz CT molecular complexity index is 136. The van der Waals surface area contributed by atoms with Gasteiger partial charge in [-0.25, -0.2) is 0 Å². The normalized spacial score (nSPS) is 18.3. The second-order valence-electron chi connectivity index (χ2n) is 4.47. The van der Waals surface area contributed by atoms with Crippen molar-refractivity contribution in [2.75, 3.05) is 13.1 Å². The summed E-state index contributed by atoms with van der Waals surface area (Å²) < 4.78 is 0. The second kappa shape index (κ2) is 8.05. The molecule has 1 saturated carbocycles. The molecule has 82 valence electrons. The van der Waals surface area contributed by atoms with Crippen molar-refractivity contribution >= 4 is 0 Å². The van der Waals surface area contributed by atoms with E-state index in [1.807, 2.05) is 6.08 Å². The maximum atomic E-state index is 3.72.